The summed E-state index contributed by atoms with van der Waals surface area (Å²) >= 11 is 0. The average Bonchev–Trinajstić information content (AvgIpc) is 3.64. The molecule has 1 atom stereocenters. The Balaban J connectivity index is 1.66. The van der Waals surface area contributed by atoms with Crippen LogP contribution in [0.4, 0.5) is 5.69 Å². The second-order valence-electron chi connectivity index (χ2n) is 8.45. The molecule has 1 aliphatic carbocycles. The fourth-order valence-electron chi connectivity index (χ4n) is 4.30. The summed E-state index contributed by atoms with van der Waals surface area (Å²) in [4.78, 5) is 38.6. The number of nitrogens with zero attached hydrogens (tertiary/aromatic N) is 2. The number of hydrogen-bond acceptors (Lipinski definition) is 6. The summed E-state index contributed by atoms with van der Waals surface area (Å²) < 4.78 is 11.1. The molecule has 0 bridgehead atoms. The van der Waals surface area contributed by atoms with Crippen LogP contribution in [-0.4, -0.2) is 53.7 Å². The lowest BCUT2D eigenvalue weighted by Crippen LogP contribution is -2.32. The van der Waals surface area contributed by atoms with E-state index in [4.69, 9.17) is 9.47 Å². The Hall–Kier alpha value is -3.59. The number of carbonyl (C=O) groups excluding carboxylic acids is 3. The number of methoxy groups -OCH3 is 1. The molecule has 9 nitrogen and oxygen atoms in total. The first-order valence-electron chi connectivity index (χ1n) is 11.4. The Kier molecular flexibility index (Phi) is 7.02. The third kappa shape index (κ3) is 4.84. The van der Waals surface area contributed by atoms with Gasteiger partial charge in [-0.05, 0) is 55.5 Å². The van der Waals surface area contributed by atoms with E-state index in [1.807, 2.05) is 31.2 Å². The molecule has 3 amide bonds. The second kappa shape index (κ2) is 10.1. The fourth-order valence-corrected chi connectivity index (χ4v) is 4.30. The van der Waals surface area contributed by atoms with Crippen LogP contribution in [0.25, 0.3) is 0 Å². The van der Waals surface area contributed by atoms with E-state index in [0.717, 1.165) is 24.0 Å². The first-order valence-corrected chi connectivity index (χ1v) is 11.4. The van der Waals surface area contributed by atoms with Crippen molar-refractivity contribution in [3.8, 4) is 11.5 Å². The lowest BCUT2D eigenvalue weighted by Gasteiger charge is -2.29. The molecular formula is C25H29N3O6. The van der Waals surface area contributed by atoms with Crippen LogP contribution < -0.4 is 14.8 Å². The van der Waals surface area contributed by atoms with Crippen molar-refractivity contribution in [2.75, 3.05) is 25.6 Å². The first kappa shape index (κ1) is 23.6. The number of nitrogens with one attached hydrogen (secondary N) is 1. The molecule has 2 aromatic carbocycles. The van der Waals surface area contributed by atoms with Crippen LogP contribution >= 0.6 is 0 Å². The van der Waals surface area contributed by atoms with Gasteiger partial charge in [0.1, 0.15) is 0 Å². The number of benzene rings is 2. The van der Waals surface area contributed by atoms with E-state index in [9.17, 15) is 19.6 Å². The lowest BCUT2D eigenvalue weighted by molar-refractivity contribution is -0.150. The Bertz CT molecular complexity index is 1080. The highest BCUT2D eigenvalue weighted by molar-refractivity contribution is 6.07. The van der Waals surface area contributed by atoms with Crippen LogP contribution in [0.3, 0.4) is 0 Å². The largest absolute Gasteiger partial charge is 0.493 e. The highest BCUT2D eigenvalue weighted by Gasteiger charge is 2.37. The van der Waals surface area contributed by atoms with Crippen LogP contribution in [0.5, 0.6) is 11.5 Å². The van der Waals surface area contributed by atoms with Gasteiger partial charge in [-0.2, -0.15) is 0 Å². The number of anilines is 1. The highest BCUT2D eigenvalue weighted by atomic mass is 16.5. The van der Waals surface area contributed by atoms with Gasteiger partial charge in [0, 0.05) is 12.5 Å². The van der Waals surface area contributed by atoms with Gasteiger partial charge in [0.2, 0.25) is 12.3 Å². The quantitative estimate of drug-likeness (QED) is 0.298. The minimum atomic E-state index is -0.452. The zero-order valence-corrected chi connectivity index (χ0v) is 19.3. The smallest absolute Gasteiger partial charge is 0.257 e. The third-order valence-corrected chi connectivity index (χ3v) is 6.17. The van der Waals surface area contributed by atoms with Crippen molar-refractivity contribution >= 4 is 23.9 Å². The van der Waals surface area contributed by atoms with E-state index in [0.29, 0.717) is 53.8 Å². The summed E-state index contributed by atoms with van der Waals surface area (Å²) in [6, 6.07) is 10.4. The van der Waals surface area contributed by atoms with Crippen LogP contribution in [0, 0.1) is 5.92 Å². The van der Waals surface area contributed by atoms with E-state index in [1.54, 1.807) is 24.1 Å². The Morgan fingerprint density at radius 3 is 2.76 bits per heavy atom. The summed E-state index contributed by atoms with van der Waals surface area (Å²) in [6.45, 7) is 2.69. The maximum atomic E-state index is 13.6. The molecule has 2 aromatic rings. The van der Waals surface area contributed by atoms with Gasteiger partial charge in [0.25, 0.3) is 5.91 Å². The molecule has 1 fully saturated rings. The predicted molar refractivity (Wildman–Crippen MR) is 124 cm³/mol. The fraction of sp³-hybridized carbons (Fsp3) is 0.400. The minimum absolute atomic E-state index is 0.0198. The van der Waals surface area contributed by atoms with Crippen molar-refractivity contribution in [2.24, 2.45) is 5.92 Å². The molecular weight excluding hydrogens is 438 g/mol. The molecule has 180 valence electrons. The Morgan fingerprint density at radius 2 is 2.09 bits per heavy atom. The van der Waals surface area contributed by atoms with Gasteiger partial charge in [-0.15, -0.1) is 0 Å². The molecule has 2 aliphatic rings. The topological polar surface area (TPSA) is 108 Å². The standard InChI is InChI=1S/C25H29N3O6/c1-3-34-22-13-17(9-10-21(22)33-2)20(11-12-27(32)15-29)28-14-18-5-4-6-19(23(18)25(28)31)26-24(30)16-7-8-16/h4-6,9-10,13,15-16,20,32H,3,7-8,11-12,14H2,1-2H3,(H,26,30). The van der Waals surface area contributed by atoms with Crippen molar-refractivity contribution in [3.05, 3.63) is 53.1 Å². The minimum Gasteiger partial charge on any atom is -0.493 e. The van der Waals surface area contributed by atoms with E-state index in [-0.39, 0.29) is 24.3 Å². The number of carbonyl (C=O) groups is 3. The van der Waals surface area contributed by atoms with Gasteiger partial charge >= 0.3 is 0 Å². The number of hydroxylamine groups is 2. The molecule has 0 aromatic heterocycles. The zero-order chi connectivity index (χ0) is 24.2. The highest BCUT2D eigenvalue weighted by Crippen LogP contribution is 2.40. The third-order valence-electron chi connectivity index (χ3n) is 6.17. The van der Waals surface area contributed by atoms with Gasteiger partial charge in [0.05, 0.1) is 37.6 Å². The molecule has 1 aliphatic heterocycles. The molecule has 0 saturated heterocycles. The molecule has 0 radical (unpaired) electrons. The number of ether oxygens (including phenoxy) is 2. The van der Waals surface area contributed by atoms with Crippen LogP contribution in [0.15, 0.2) is 36.4 Å². The number of rotatable bonds is 11. The SMILES string of the molecule is CCOc1cc(C(CCN(O)C=O)N2Cc3cccc(NC(=O)C4CC4)c3C2=O)ccc1OC. The van der Waals surface area contributed by atoms with Gasteiger partial charge in [-0.25, -0.2) is 5.06 Å². The zero-order valence-electron chi connectivity index (χ0n) is 19.3. The van der Waals surface area contributed by atoms with Gasteiger partial charge in [0.15, 0.2) is 11.5 Å². The number of fused-ring (bicyclic) bond motifs is 1. The molecule has 1 unspecified atom stereocenters. The Morgan fingerprint density at radius 1 is 1.29 bits per heavy atom. The van der Waals surface area contributed by atoms with Crippen molar-refractivity contribution in [1.29, 1.82) is 0 Å². The Labute approximate surface area is 198 Å². The molecule has 34 heavy (non-hydrogen) atoms. The van der Waals surface area contributed by atoms with E-state index < -0.39 is 6.04 Å². The summed E-state index contributed by atoms with van der Waals surface area (Å²) in [6.07, 6.45) is 2.38. The normalized spacial score (nSPS) is 15.5. The van der Waals surface area contributed by atoms with Crippen LogP contribution in [0.2, 0.25) is 0 Å². The lowest BCUT2D eigenvalue weighted by atomic mass is 10.0. The van der Waals surface area contributed by atoms with E-state index in [2.05, 4.69) is 5.32 Å². The molecule has 4 rings (SSSR count). The van der Waals surface area contributed by atoms with Crippen molar-refractivity contribution in [3.63, 3.8) is 0 Å². The van der Waals surface area contributed by atoms with Gasteiger partial charge in [-0.1, -0.05) is 18.2 Å². The molecule has 9 heteroatoms. The van der Waals surface area contributed by atoms with Crippen molar-refractivity contribution < 1.29 is 29.1 Å². The van der Waals surface area contributed by atoms with Gasteiger partial charge < -0.3 is 19.7 Å². The maximum absolute atomic E-state index is 13.6. The molecule has 1 saturated carbocycles. The summed E-state index contributed by atoms with van der Waals surface area (Å²) in [5.74, 6) is 0.865. The molecule has 0 spiro atoms. The van der Waals surface area contributed by atoms with Crippen LogP contribution in [0.1, 0.15) is 53.7 Å². The maximum Gasteiger partial charge on any atom is 0.257 e. The second-order valence-corrected chi connectivity index (χ2v) is 8.45. The van der Waals surface area contributed by atoms with E-state index >= 15 is 0 Å². The molecule has 2 N–H and O–H groups in total. The van der Waals surface area contributed by atoms with Crippen molar-refractivity contribution in [1.82, 2.24) is 9.96 Å². The predicted octanol–water partition coefficient (Wildman–Crippen LogP) is 3.38. The number of hydrogen-bond donors (Lipinski definition) is 2. The number of amides is 3. The molecule has 1 heterocycles. The van der Waals surface area contributed by atoms with Crippen LogP contribution in [-0.2, 0) is 16.1 Å². The summed E-state index contributed by atoms with van der Waals surface area (Å²) in [7, 11) is 1.56. The van der Waals surface area contributed by atoms with Gasteiger partial charge in [-0.3, -0.25) is 19.6 Å². The first-order chi connectivity index (χ1) is 16.5. The summed E-state index contributed by atoms with van der Waals surface area (Å²) in [5.41, 5.74) is 2.60. The summed E-state index contributed by atoms with van der Waals surface area (Å²) in [5, 5.41) is 13.2. The van der Waals surface area contributed by atoms with E-state index in [1.165, 1.54) is 0 Å². The monoisotopic (exact) mass is 467 g/mol. The average molecular weight is 468 g/mol. The van der Waals surface area contributed by atoms with Crippen molar-refractivity contribution in [2.45, 2.75) is 38.8 Å².